The van der Waals surface area contributed by atoms with Gasteiger partial charge >= 0.3 is 0 Å². The number of rotatable bonds is 4. The highest BCUT2D eigenvalue weighted by Crippen LogP contribution is 2.38. The molecular weight excluding hydrogens is 364 g/mol. The van der Waals surface area contributed by atoms with E-state index in [1.807, 2.05) is 25.3 Å². The average Bonchev–Trinajstić information content (AvgIpc) is 3.15. The Morgan fingerprint density at radius 2 is 2.26 bits per heavy atom. The van der Waals surface area contributed by atoms with Gasteiger partial charge in [-0.25, -0.2) is 9.97 Å². The maximum Gasteiger partial charge on any atom is 0.222 e. The number of hydrogen-bond acceptors (Lipinski definition) is 5. The first-order valence-electron chi connectivity index (χ1n) is 9.16. The van der Waals surface area contributed by atoms with Gasteiger partial charge < -0.3 is 14.4 Å². The standard InChI is InChI=1S/C19H22N4O3S/c1-2-17(24)23-9-3-4-12(16(23)11-27(25)26)13-5-7-20-15-10-22-19-14(18(13)15)6-8-21-19/h5-8,10,12,16,20H,2-4,9,11H2,1H3,(H,25,26)/p-1. The maximum absolute atomic E-state index is 12.5. The van der Waals surface area contributed by atoms with Crippen molar-refractivity contribution < 1.29 is 13.6 Å². The van der Waals surface area contributed by atoms with Gasteiger partial charge in [0.15, 0.2) is 5.65 Å². The first-order valence-corrected chi connectivity index (χ1v) is 10.4. The number of nitrogens with zero attached hydrogens (tertiary/aromatic N) is 3. The van der Waals surface area contributed by atoms with E-state index < -0.39 is 11.1 Å². The molecule has 1 fully saturated rings. The monoisotopic (exact) mass is 385 g/mol. The molecule has 7 nitrogen and oxygen atoms in total. The van der Waals surface area contributed by atoms with Crippen LogP contribution in [-0.4, -0.2) is 52.9 Å². The quantitative estimate of drug-likeness (QED) is 0.695. The molecule has 1 aliphatic heterocycles. The summed E-state index contributed by atoms with van der Waals surface area (Å²) < 4.78 is 23.1. The molecule has 27 heavy (non-hydrogen) atoms. The van der Waals surface area contributed by atoms with Crippen molar-refractivity contribution in [3.8, 4) is 0 Å². The number of amides is 1. The first-order chi connectivity index (χ1) is 13.1. The molecule has 4 heterocycles. The van der Waals surface area contributed by atoms with Crippen LogP contribution in [0.3, 0.4) is 0 Å². The van der Waals surface area contributed by atoms with Crippen molar-refractivity contribution in [3.63, 3.8) is 0 Å². The summed E-state index contributed by atoms with van der Waals surface area (Å²) in [6, 6.07) is 3.57. The summed E-state index contributed by atoms with van der Waals surface area (Å²) in [5.41, 5.74) is 2.60. The molecule has 1 N–H and O–H groups in total. The van der Waals surface area contributed by atoms with E-state index in [0.29, 0.717) is 18.6 Å². The summed E-state index contributed by atoms with van der Waals surface area (Å²) in [5, 5.41) is 1.96. The second-order valence-electron chi connectivity index (χ2n) is 6.89. The van der Waals surface area contributed by atoms with Crippen LogP contribution >= 0.6 is 0 Å². The number of H-pyrrole nitrogens is 1. The fourth-order valence-corrected chi connectivity index (χ4v) is 4.96. The Morgan fingerprint density at radius 3 is 3.04 bits per heavy atom. The van der Waals surface area contributed by atoms with Gasteiger partial charge in [-0.2, -0.15) is 0 Å². The van der Waals surface area contributed by atoms with Crippen LogP contribution in [0.4, 0.5) is 0 Å². The minimum atomic E-state index is -2.23. The largest absolute Gasteiger partial charge is 0.772 e. The highest BCUT2D eigenvalue weighted by molar-refractivity contribution is 7.79. The van der Waals surface area contributed by atoms with Gasteiger partial charge in [0.25, 0.3) is 0 Å². The molecule has 3 aromatic heterocycles. The van der Waals surface area contributed by atoms with E-state index in [9.17, 15) is 13.6 Å². The highest BCUT2D eigenvalue weighted by Gasteiger charge is 2.35. The molecule has 3 unspecified atom stereocenters. The van der Waals surface area contributed by atoms with E-state index in [0.717, 1.165) is 34.7 Å². The van der Waals surface area contributed by atoms with Gasteiger partial charge in [0, 0.05) is 53.8 Å². The number of pyridine rings is 2. The fraction of sp³-hybridized carbons (Fsp3) is 0.421. The van der Waals surface area contributed by atoms with Gasteiger partial charge in [-0.1, -0.05) is 18.0 Å². The van der Waals surface area contributed by atoms with Gasteiger partial charge in [0.05, 0.1) is 11.7 Å². The molecule has 4 rings (SSSR count). The third-order valence-corrected chi connectivity index (χ3v) is 6.05. The Hall–Kier alpha value is -2.32. The summed E-state index contributed by atoms with van der Waals surface area (Å²) in [4.78, 5) is 26.1. The topological polar surface area (TPSA) is 102 Å². The smallest absolute Gasteiger partial charge is 0.222 e. The molecular formula is C19H21N4O3S-. The molecule has 0 saturated carbocycles. The van der Waals surface area contributed by atoms with E-state index in [2.05, 4.69) is 15.0 Å². The summed E-state index contributed by atoms with van der Waals surface area (Å²) in [5.74, 6) is -0.0993. The summed E-state index contributed by atoms with van der Waals surface area (Å²) in [7, 11) is 0. The Morgan fingerprint density at radius 1 is 1.41 bits per heavy atom. The molecule has 0 bridgehead atoms. The molecule has 3 aromatic rings. The van der Waals surface area contributed by atoms with E-state index >= 15 is 0 Å². The van der Waals surface area contributed by atoms with Crippen LogP contribution in [0.2, 0.25) is 0 Å². The number of fused-ring (bicyclic) bond motifs is 3. The van der Waals surface area contributed by atoms with E-state index in [1.165, 1.54) is 0 Å². The number of nitrogens with one attached hydrogen (secondary N) is 1. The van der Waals surface area contributed by atoms with Gasteiger partial charge in [0.1, 0.15) is 0 Å². The average molecular weight is 385 g/mol. The van der Waals surface area contributed by atoms with E-state index in [4.69, 9.17) is 0 Å². The predicted octanol–water partition coefficient (Wildman–Crippen LogP) is 2.47. The number of carbonyl (C=O) groups excluding carboxylic acids is 1. The van der Waals surface area contributed by atoms with Crippen molar-refractivity contribution in [2.45, 2.75) is 38.1 Å². The zero-order valence-corrected chi connectivity index (χ0v) is 15.9. The number of likely N-dealkylation sites (tertiary alicyclic amines) is 1. The molecule has 0 aliphatic carbocycles. The lowest BCUT2D eigenvalue weighted by atomic mass is 9.82. The van der Waals surface area contributed by atoms with Crippen LogP contribution in [-0.2, 0) is 15.9 Å². The molecule has 1 saturated heterocycles. The van der Waals surface area contributed by atoms with Crippen molar-refractivity contribution in [2.24, 2.45) is 0 Å². The molecule has 1 amide bonds. The van der Waals surface area contributed by atoms with Gasteiger partial charge in [-0.05, 0) is 30.5 Å². The Bertz CT molecular complexity index is 1020. The molecule has 142 valence electrons. The SMILES string of the molecule is CCC(=O)N1CCCC(c2cc[nH]c3cnc4nccc4c23)C1CS(=O)[O-]. The van der Waals surface area contributed by atoms with E-state index in [1.54, 1.807) is 17.3 Å². The fourth-order valence-electron chi connectivity index (χ4n) is 4.27. The van der Waals surface area contributed by atoms with Gasteiger partial charge in [-0.15, -0.1) is 0 Å². The second kappa shape index (κ2) is 7.36. The van der Waals surface area contributed by atoms with E-state index in [-0.39, 0.29) is 23.6 Å². The zero-order chi connectivity index (χ0) is 19.0. The zero-order valence-electron chi connectivity index (χ0n) is 15.1. The lowest BCUT2D eigenvalue weighted by Gasteiger charge is -2.42. The normalized spacial score (nSPS) is 21.6. The summed E-state index contributed by atoms with van der Waals surface area (Å²) in [6.07, 6.45) is 7.41. The Kier molecular flexibility index (Phi) is 4.92. The number of piperidine rings is 1. The predicted molar refractivity (Wildman–Crippen MR) is 103 cm³/mol. The van der Waals surface area contributed by atoms with Crippen LogP contribution in [0.25, 0.3) is 21.9 Å². The van der Waals surface area contributed by atoms with Crippen molar-refractivity contribution >= 4 is 38.9 Å². The molecule has 3 atom stereocenters. The van der Waals surface area contributed by atoms with Crippen LogP contribution in [0.15, 0.2) is 30.7 Å². The lowest BCUT2D eigenvalue weighted by molar-refractivity contribution is -0.134. The van der Waals surface area contributed by atoms with Crippen molar-refractivity contribution in [2.75, 3.05) is 12.3 Å². The highest BCUT2D eigenvalue weighted by atomic mass is 32.2. The lowest BCUT2D eigenvalue weighted by Crippen LogP contribution is -2.50. The number of aromatic amines is 1. The van der Waals surface area contributed by atoms with Crippen LogP contribution < -0.4 is 0 Å². The van der Waals surface area contributed by atoms with Crippen LogP contribution in [0.1, 0.15) is 37.7 Å². The maximum atomic E-state index is 12.5. The number of aromatic nitrogens is 3. The Labute approximate surface area is 159 Å². The number of carbonyl (C=O) groups is 1. The molecule has 1 aliphatic rings. The third kappa shape index (κ3) is 3.23. The Balaban J connectivity index is 1.88. The molecule has 0 aromatic carbocycles. The third-order valence-electron chi connectivity index (χ3n) is 5.43. The summed E-state index contributed by atoms with van der Waals surface area (Å²) >= 11 is -2.23. The minimum Gasteiger partial charge on any atom is -0.772 e. The van der Waals surface area contributed by atoms with Crippen LogP contribution in [0, 0.1) is 0 Å². The number of hydrogen-bond donors (Lipinski definition) is 1. The van der Waals surface area contributed by atoms with Gasteiger partial charge in [0.2, 0.25) is 5.91 Å². The second-order valence-corrected chi connectivity index (χ2v) is 7.83. The minimum absolute atomic E-state index is 0.00346. The molecule has 8 heteroatoms. The molecule has 0 spiro atoms. The first kappa shape index (κ1) is 18.1. The van der Waals surface area contributed by atoms with Crippen molar-refractivity contribution in [3.05, 3.63) is 36.3 Å². The van der Waals surface area contributed by atoms with Crippen molar-refractivity contribution in [1.29, 1.82) is 0 Å². The van der Waals surface area contributed by atoms with Crippen molar-refractivity contribution in [1.82, 2.24) is 19.9 Å². The van der Waals surface area contributed by atoms with Crippen LogP contribution in [0.5, 0.6) is 0 Å². The molecule has 0 radical (unpaired) electrons. The van der Waals surface area contributed by atoms with Gasteiger partial charge in [-0.3, -0.25) is 9.00 Å². The summed E-state index contributed by atoms with van der Waals surface area (Å²) in [6.45, 7) is 2.42.